The first-order chi connectivity index (χ1) is 9.99. The van der Waals surface area contributed by atoms with Crippen LogP contribution in [-0.4, -0.2) is 33.1 Å². The molecule has 0 saturated carbocycles. The predicted octanol–water partition coefficient (Wildman–Crippen LogP) is 3.70. The summed E-state index contributed by atoms with van der Waals surface area (Å²) < 4.78 is 9.51. The lowest BCUT2D eigenvalue weighted by Crippen LogP contribution is -2.26. The number of nitrogens with one attached hydrogen (secondary N) is 1. The molecule has 8 nitrogen and oxygen atoms in total. The Balaban J connectivity index is 0.000000315. The molecule has 1 aliphatic heterocycles. The second-order valence-electron chi connectivity index (χ2n) is 3.00. The van der Waals surface area contributed by atoms with Crippen molar-refractivity contribution < 1.29 is 14.2 Å². The number of hydrogen-bond acceptors (Lipinski definition) is 7. The third-order valence-corrected chi connectivity index (χ3v) is 2.09. The molecule has 1 amide bonds. The molecule has 0 spiro atoms. The fourth-order valence-electron chi connectivity index (χ4n) is 0.696. The zero-order valence-corrected chi connectivity index (χ0v) is 15.4. The molecule has 0 radical (unpaired) electrons. The Hall–Kier alpha value is -0.210. The van der Waals surface area contributed by atoms with Crippen LogP contribution >= 0.6 is 73.7 Å². The highest BCUT2D eigenvalue weighted by molar-refractivity contribution is 8.24. The van der Waals surface area contributed by atoms with E-state index >= 15 is 0 Å². The molecule has 1 aromatic heterocycles. The molecule has 15 heteroatoms. The summed E-state index contributed by atoms with van der Waals surface area (Å²) in [6.45, 7) is 0. The molecule has 1 aliphatic rings. The van der Waals surface area contributed by atoms with Gasteiger partial charge in [-0.25, -0.2) is 10.4 Å². The van der Waals surface area contributed by atoms with Crippen molar-refractivity contribution in [2.75, 3.05) is 0 Å². The van der Waals surface area contributed by atoms with Gasteiger partial charge in [-0.15, -0.1) is 10.2 Å². The first kappa shape index (κ1) is 21.8. The number of carbonyl (C=O) groups excluding carboxylic acids is 2. The van der Waals surface area contributed by atoms with Crippen LogP contribution in [0, 0.1) is 0 Å². The van der Waals surface area contributed by atoms with Gasteiger partial charge in [0.25, 0.3) is 0 Å². The van der Waals surface area contributed by atoms with Gasteiger partial charge in [0.15, 0.2) is 16.1 Å². The smallest absolute Gasteiger partial charge is 0.292 e. The van der Waals surface area contributed by atoms with Crippen molar-refractivity contribution in [1.82, 2.24) is 20.6 Å². The van der Waals surface area contributed by atoms with Gasteiger partial charge in [-0.2, -0.15) is 5.10 Å². The Morgan fingerprint density at radius 1 is 1.05 bits per heavy atom. The van der Waals surface area contributed by atoms with Gasteiger partial charge in [0, 0.05) is 0 Å². The second-order valence-corrected chi connectivity index (χ2v) is 10.7. The highest BCUT2D eigenvalue weighted by Crippen LogP contribution is 2.61. The summed E-state index contributed by atoms with van der Waals surface area (Å²) in [6, 6.07) is 0. The fraction of sp³-hybridized carbons (Fsp3) is 0.143. The maximum atomic E-state index is 10.3. The minimum absolute atomic E-state index is 0.00981. The maximum absolute atomic E-state index is 10.3. The topological polar surface area (TPSA) is 114 Å². The van der Waals surface area contributed by atoms with E-state index in [9.17, 15) is 14.2 Å². The van der Waals surface area contributed by atoms with Gasteiger partial charge in [0.05, 0.1) is 12.6 Å². The van der Waals surface area contributed by atoms with Crippen LogP contribution in [0.1, 0.15) is 6.42 Å². The minimum atomic E-state index is -3.22. The average Bonchev–Trinajstić information content (AvgIpc) is 2.33. The maximum Gasteiger partial charge on any atom is 0.339 e. The SMILES string of the molecule is Clc1nnc(Cl)c(Cl)n1.O=C1C=NNC(=O)C1.O=P(Cl)(Cl)Cl. The van der Waals surface area contributed by atoms with Crippen LogP contribution in [0.5, 0.6) is 0 Å². The molecule has 0 saturated heterocycles. The van der Waals surface area contributed by atoms with Crippen molar-refractivity contribution in [3.63, 3.8) is 0 Å². The summed E-state index contributed by atoms with van der Waals surface area (Å²) in [7, 11) is 0. The van der Waals surface area contributed by atoms with Crippen LogP contribution < -0.4 is 5.43 Å². The molecule has 0 unspecified atom stereocenters. The second kappa shape index (κ2) is 10.5. The summed E-state index contributed by atoms with van der Waals surface area (Å²) in [6.07, 6.45) is 1.03. The van der Waals surface area contributed by atoms with Gasteiger partial charge in [-0.05, 0) is 45.3 Å². The average molecular weight is 450 g/mol. The van der Waals surface area contributed by atoms with Crippen molar-refractivity contribution in [2.24, 2.45) is 5.10 Å². The number of ketones is 1. The molecule has 1 N–H and O–H groups in total. The van der Waals surface area contributed by atoms with E-state index in [0.717, 1.165) is 6.21 Å². The number of hydrazone groups is 1. The zero-order chi connectivity index (χ0) is 17.3. The van der Waals surface area contributed by atoms with Gasteiger partial charge in [0.1, 0.15) is 0 Å². The fourth-order valence-corrected chi connectivity index (χ4v) is 1.06. The van der Waals surface area contributed by atoms with Crippen LogP contribution in [0.3, 0.4) is 0 Å². The molecule has 2 rings (SSSR count). The summed E-state index contributed by atoms with van der Waals surface area (Å²) in [5.41, 5.74) is 2.12. The molecule has 0 bridgehead atoms. The highest BCUT2D eigenvalue weighted by Gasteiger charge is 2.09. The standard InChI is InChI=1S/C4H4N2O2.C3Cl3N3.Cl3OP/c7-3-1-4(8)6-5-2-3;4-1-2(5)8-9-3(6)7-1;1-5(2,3)4/h2H,1H2,(H,6,8);;. The van der Waals surface area contributed by atoms with Gasteiger partial charge in [-0.1, -0.05) is 23.2 Å². The molecule has 1 aromatic rings. The lowest BCUT2D eigenvalue weighted by molar-refractivity contribution is -0.126. The van der Waals surface area contributed by atoms with Crippen LogP contribution in [0.4, 0.5) is 0 Å². The summed E-state index contributed by atoms with van der Waals surface area (Å²) in [5.74, 6) is -0.578. The van der Waals surface area contributed by atoms with Crippen LogP contribution in [0.2, 0.25) is 15.6 Å². The Morgan fingerprint density at radius 2 is 1.59 bits per heavy atom. The lowest BCUT2D eigenvalue weighted by Gasteiger charge is -1.99. The third kappa shape index (κ3) is 13.5. The van der Waals surface area contributed by atoms with Gasteiger partial charge >= 0.3 is 5.20 Å². The van der Waals surface area contributed by atoms with E-state index in [2.05, 4.69) is 59.4 Å². The van der Waals surface area contributed by atoms with Gasteiger partial charge < -0.3 is 0 Å². The zero-order valence-electron chi connectivity index (χ0n) is 10.0. The molecule has 2 heterocycles. The number of Topliss-reactive ketones (excluding diaryl/α,β-unsaturated/α-hetero) is 1. The molecule has 0 aromatic carbocycles. The van der Waals surface area contributed by atoms with Crippen LogP contribution in [0.15, 0.2) is 5.10 Å². The summed E-state index contributed by atoms with van der Waals surface area (Å²) in [5, 5.41) is 6.85. The highest BCUT2D eigenvalue weighted by atomic mass is 36.0. The van der Waals surface area contributed by atoms with E-state index in [1.54, 1.807) is 0 Å². The van der Waals surface area contributed by atoms with Crippen LogP contribution in [-0.2, 0) is 14.2 Å². The van der Waals surface area contributed by atoms with Crippen molar-refractivity contribution in [1.29, 1.82) is 0 Å². The predicted molar refractivity (Wildman–Crippen MR) is 86.3 cm³/mol. The molecular formula is C7H4Cl6N5O3P. The molecule has 0 aliphatic carbocycles. The number of amides is 1. The molecule has 122 valence electrons. The van der Waals surface area contributed by atoms with Crippen LogP contribution in [0.25, 0.3) is 0 Å². The number of nitrogens with zero attached hydrogens (tertiary/aromatic N) is 4. The van der Waals surface area contributed by atoms with E-state index in [4.69, 9.17) is 34.8 Å². The summed E-state index contributed by atoms with van der Waals surface area (Å²) in [4.78, 5) is 24.0. The quantitative estimate of drug-likeness (QED) is 0.477. The van der Waals surface area contributed by atoms with Crippen molar-refractivity contribution in [3.05, 3.63) is 15.6 Å². The van der Waals surface area contributed by atoms with Gasteiger partial charge in [0.2, 0.25) is 11.2 Å². The van der Waals surface area contributed by atoms with E-state index in [1.807, 2.05) is 0 Å². The molecule has 0 fully saturated rings. The molecule has 22 heavy (non-hydrogen) atoms. The Kier molecular flexibility index (Phi) is 10.4. The first-order valence-corrected chi connectivity index (χ1v) is 10.3. The van der Waals surface area contributed by atoms with E-state index in [1.165, 1.54) is 0 Å². The van der Waals surface area contributed by atoms with E-state index in [-0.39, 0.29) is 33.7 Å². The molecular weight excluding hydrogens is 446 g/mol. The molecule has 0 atom stereocenters. The number of hydrogen-bond donors (Lipinski definition) is 1. The number of carbonyl (C=O) groups is 2. The lowest BCUT2D eigenvalue weighted by atomic mass is 10.3. The largest absolute Gasteiger partial charge is 0.339 e. The Morgan fingerprint density at radius 3 is 1.91 bits per heavy atom. The number of rotatable bonds is 0. The number of halogens is 6. The Bertz CT molecular complexity index is 614. The van der Waals surface area contributed by atoms with Crippen molar-refractivity contribution >= 4 is 91.6 Å². The first-order valence-electron chi connectivity index (χ1n) is 4.74. The van der Waals surface area contributed by atoms with E-state index < -0.39 is 5.20 Å². The monoisotopic (exact) mass is 447 g/mol. The minimum Gasteiger partial charge on any atom is -0.292 e. The van der Waals surface area contributed by atoms with Crippen molar-refractivity contribution in [2.45, 2.75) is 6.42 Å². The third-order valence-electron chi connectivity index (χ3n) is 1.31. The summed E-state index contributed by atoms with van der Waals surface area (Å²) >= 11 is 29.9. The van der Waals surface area contributed by atoms with E-state index in [0.29, 0.717) is 0 Å². The van der Waals surface area contributed by atoms with Gasteiger partial charge in [-0.3, -0.25) is 14.2 Å². The van der Waals surface area contributed by atoms with Crippen molar-refractivity contribution in [3.8, 4) is 0 Å². The Labute approximate surface area is 153 Å². The normalized spacial score (nSPS) is 13.4. The number of aromatic nitrogens is 3.